The van der Waals surface area contributed by atoms with Crippen molar-refractivity contribution in [3.63, 3.8) is 0 Å². The van der Waals surface area contributed by atoms with Gasteiger partial charge in [-0.2, -0.15) is 0 Å². The molecule has 2 N–H and O–H groups in total. The van der Waals surface area contributed by atoms with Gasteiger partial charge in [0, 0.05) is 6.61 Å². The van der Waals surface area contributed by atoms with Crippen LogP contribution in [0.25, 0.3) is 0 Å². The summed E-state index contributed by atoms with van der Waals surface area (Å²) >= 11 is 0. The topological polar surface area (TPSA) is 61.6 Å². The Kier molecular flexibility index (Phi) is 7.64. The summed E-state index contributed by atoms with van der Waals surface area (Å²) in [5, 5.41) is 0. The molecule has 0 heterocycles. The number of carbonyl (C=O) groups excluding carboxylic acids is 1. The Labute approximate surface area is 108 Å². The van der Waals surface area contributed by atoms with Gasteiger partial charge in [-0.25, -0.2) is 4.79 Å². The van der Waals surface area contributed by atoms with Crippen LogP contribution >= 0.6 is 0 Å². The molecule has 4 nitrogen and oxygen atoms in total. The minimum absolute atomic E-state index is 0.417. The molecule has 0 aliphatic carbocycles. The summed E-state index contributed by atoms with van der Waals surface area (Å²) in [5.74, 6) is 0. The third kappa shape index (κ3) is 7.68. The van der Waals surface area contributed by atoms with E-state index in [1.165, 1.54) is 5.56 Å². The second kappa shape index (κ2) is 9.48. The van der Waals surface area contributed by atoms with Crippen LogP contribution in [0.5, 0.6) is 0 Å². The highest BCUT2D eigenvalue weighted by atomic mass is 16.5. The van der Waals surface area contributed by atoms with Gasteiger partial charge in [-0.15, -0.1) is 0 Å². The second-order valence-corrected chi connectivity index (χ2v) is 4.12. The van der Waals surface area contributed by atoms with Gasteiger partial charge in [0.25, 0.3) is 0 Å². The lowest BCUT2D eigenvalue weighted by atomic mass is 10.2. The molecule has 1 aromatic rings. The van der Waals surface area contributed by atoms with Crippen molar-refractivity contribution in [2.45, 2.75) is 32.3 Å². The van der Waals surface area contributed by atoms with E-state index >= 15 is 0 Å². The number of hydrogen-bond acceptors (Lipinski definition) is 3. The van der Waals surface area contributed by atoms with Crippen LogP contribution < -0.4 is 5.73 Å². The Morgan fingerprint density at radius 2 is 1.67 bits per heavy atom. The molecule has 1 amide bonds. The van der Waals surface area contributed by atoms with E-state index in [-0.39, 0.29) is 0 Å². The molecule has 0 aromatic heterocycles. The van der Waals surface area contributed by atoms with Crippen LogP contribution in [0.3, 0.4) is 0 Å². The molecule has 0 atom stereocenters. The minimum Gasteiger partial charge on any atom is -0.450 e. The maximum absolute atomic E-state index is 10.3. The van der Waals surface area contributed by atoms with Crippen molar-refractivity contribution in [1.29, 1.82) is 0 Å². The Morgan fingerprint density at radius 1 is 1.00 bits per heavy atom. The highest BCUT2D eigenvalue weighted by Crippen LogP contribution is 2.04. The van der Waals surface area contributed by atoms with Crippen molar-refractivity contribution >= 4 is 6.09 Å². The van der Waals surface area contributed by atoms with Crippen LogP contribution in [0.15, 0.2) is 30.3 Å². The molecule has 4 heteroatoms. The Balaban J connectivity index is 1.86. The molecular formula is C14H21NO3. The molecule has 100 valence electrons. The number of benzene rings is 1. The molecule has 0 saturated heterocycles. The fourth-order valence-electron chi connectivity index (χ4n) is 1.60. The van der Waals surface area contributed by atoms with Crippen LogP contribution in [-0.4, -0.2) is 19.3 Å². The predicted molar refractivity (Wildman–Crippen MR) is 70.1 cm³/mol. The number of carbonyl (C=O) groups is 1. The van der Waals surface area contributed by atoms with Crippen molar-refractivity contribution in [3.8, 4) is 0 Å². The molecule has 0 unspecified atom stereocenters. The normalized spacial score (nSPS) is 10.2. The fourth-order valence-corrected chi connectivity index (χ4v) is 1.60. The van der Waals surface area contributed by atoms with Gasteiger partial charge in [-0.05, 0) is 24.8 Å². The summed E-state index contributed by atoms with van der Waals surface area (Å²) in [6, 6.07) is 10.1. The first-order chi connectivity index (χ1) is 8.79. The quantitative estimate of drug-likeness (QED) is 0.686. The largest absolute Gasteiger partial charge is 0.450 e. The molecule has 0 aliphatic rings. The molecule has 0 saturated carbocycles. The standard InChI is InChI=1S/C14H21NO3/c15-14(16)18-11-7-2-1-6-10-17-12-13-8-4-3-5-9-13/h3-5,8-9H,1-2,6-7,10-12H2,(H2,15,16). The average molecular weight is 251 g/mol. The summed E-state index contributed by atoms with van der Waals surface area (Å²) in [5.41, 5.74) is 6.05. The Hall–Kier alpha value is -1.55. The maximum atomic E-state index is 10.3. The highest BCUT2D eigenvalue weighted by Gasteiger charge is 1.95. The fraction of sp³-hybridized carbons (Fsp3) is 0.500. The lowest BCUT2D eigenvalue weighted by Crippen LogP contribution is -2.13. The van der Waals surface area contributed by atoms with Crippen molar-refractivity contribution < 1.29 is 14.3 Å². The number of unbranched alkanes of at least 4 members (excludes halogenated alkanes) is 3. The molecule has 0 aliphatic heterocycles. The monoisotopic (exact) mass is 251 g/mol. The second-order valence-electron chi connectivity index (χ2n) is 4.12. The van der Waals surface area contributed by atoms with E-state index < -0.39 is 6.09 Å². The maximum Gasteiger partial charge on any atom is 0.404 e. The van der Waals surface area contributed by atoms with Gasteiger partial charge in [0.1, 0.15) is 0 Å². The Morgan fingerprint density at radius 3 is 2.33 bits per heavy atom. The van der Waals surface area contributed by atoms with E-state index in [4.69, 9.17) is 10.5 Å². The highest BCUT2D eigenvalue weighted by molar-refractivity contribution is 5.64. The molecule has 1 aromatic carbocycles. The lowest BCUT2D eigenvalue weighted by Gasteiger charge is -2.04. The van der Waals surface area contributed by atoms with Gasteiger partial charge in [-0.3, -0.25) is 0 Å². The molecule has 0 fully saturated rings. The third-order valence-electron chi connectivity index (χ3n) is 2.54. The minimum atomic E-state index is -0.693. The van der Waals surface area contributed by atoms with Gasteiger partial charge in [0.05, 0.1) is 13.2 Å². The van der Waals surface area contributed by atoms with Crippen LogP contribution in [0, 0.1) is 0 Å². The van der Waals surface area contributed by atoms with Crippen LogP contribution in [-0.2, 0) is 16.1 Å². The summed E-state index contributed by atoms with van der Waals surface area (Å²) < 4.78 is 10.2. The average Bonchev–Trinajstić information content (AvgIpc) is 2.37. The van der Waals surface area contributed by atoms with E-state index in [1.807, 2.05) is 18.2 Å². The summed E-state index contributed by atoms with van der Waals surface area (Å²) in [4.78, 5) is 10.3. The van der Waals surface area contributed by atoms with Crippen LogP contribution in [0.4, 0.5) is 4.79 Å². The van der Waals surface area contributed by atoms with E-state index in [0.29, 0.717) is 13.2 Å². The van der Waals surface area contributed by atoms with Crippen molar-refractivity contribution in [3.05, 3.63) is 35.9 Å². The van der Waals surface area contributed by atoms with Gasteiger partial charge in [0.2, 0.25) is 0 Å². The van der Waals surface area contributed by atoms with Crippen molar-refractivity contribution in [2.75, 3.05) is 13.2 Å². The van der Waals surface area contributed by atoms with E-state index in [0.717, 1.165) is 32.3 Å². The number of primary amides is 1. The van der Waals surface area contributed by atoms with Crippen molar-refractivity contribution in [1.82, 2.24) is 0 Å². The number of rotatable bonds is 9. The first-order valence-electron chi connectivity index (χ1n) is 6.33. The molecule has 0 radical (unpaired) electrons. The van der Waals surface area contributed by atoms with Crippen LogP contribution in [0.2, 0.25) is 0 Å². The zero-order valence-corrected chi connectivity index (χ0v) is 10.6. The molecule has 0 spiro atoms. The number of nitrogens with two attached hydrogens (primary N) is 1. The van der Waals surface area contributed by atoms with Gasteiger partial charge in [0.15, 0.2) is 0 Å². The summed E-state index contributed by atoms with van der Waals surface area (Å²) in [7, 11) is 0. The van der Waals surface area contributed by atoms with Gasteiger partial charge >= 0.3 is 6.09 Å². The van der Waals surface area contributed by atoms with E-state index in [2.05, 4.69) is 16.9 Å². The van der Waals surface area contributed by atoms with Gasteiger partial charge < -0.3 is 15.2 Å². The zero-order chi connectivity index (χ0) is 13.1. The van der Waals surface area contributed by atoms with E-state index in [9.17, 15) is 4.79 Å². The van der Waals surface area contributed by atoms with Crippen molar-refractivity contribution in [2.24, 2.45) is 5.73 Å². The van der Waals surface area contributed by atoms with E-state index in [1.54, 1.807) is 0 Å². The zero-order valence-electron chi connectivity index (χ0n) is 10.6. The number of hydrogen-bond donors (Lipinski definition) is 1. The number of ether oxygens (including phenoxy) is 2. The Bertz CT molecular complexity index is 327. The van der Waals surface area contributed by atoms with Crippen LogP contribution in [0.1, 0.15) is 31.2 Å². The third-order valence-corrected chi connectivity index (χ3v) is 2.54. The van der Waals surface area contributed by atoms with Gasteiger partial charge in [-0.1, -0.05) is 36.8 Å². The summed E-state index contributed by atoms with van der Waals surface area (Å²) in [6.07, 6.45) is 3.31. The lowest BCUT2D eigenvalue weighted by molar-refractivity contribution is 0.115. The first kappa shape index (κ1) is 14.5. The molecular weight excluding hydrogens is 230 g/mol. The summed E-state index contributed by atoms with van der Waals surface area (Å²) in [6.45, 7) is 1.86. The molecule has 18 heavy (non-hydrogen) atoms. The smallest absolute Gasteiger partial charge is 0.404 e. The molecule has 1 rings (SSSR count). The SMILES string of the molecule is NC(=O)OCCCCCCOCc1ccccc1. The first-order valence-corrected chi connectivity index (χ1v) is 6.33. The predicted octanol–water partition coefficient (Wildman–Crippen LogP) is 2.86. The molecule has 0 bridgehead atoms. The number of amides is 1.